The van der Waals surface area contributed by atoms with Crippen molar-refractivity contribution >= 4 is 23.4 Å². The minimum absolute atomic E-state index is 0.0658. The summed E-state index contributed by atoms with van der Waals surface area (Å²) in [6, 6.07) is 2.17. The SMILES string of the molecule is Cc1nc(Sc2nc(C(=O)O)ccc2[N+](=O)[O-])n[nH]1. The van der Waals surface area contributed by atoms with Gasteiger partial charge in [0.1, 0.15) is 11.5 Å². The number of hydrogen-bond donors (Lipinski definition) is 2. The molecule has 2 aromatic heterocycles. The number of carboxylic acids is 1. The Balaban J connectivity index is 2.42. The van der Waals surface area contributed by atoms with E-state index in [0.29, 0.717) is 5.82 Å². The first kappa shape index (κ1) is 13.0. The van der Waals surface area contributed by atoms with Gasteiger partial charge in [0, 0.05) is 6.07 Å². The molecular formula is C9H7N5O4S. The van der Waals surface area contributed by atoms with Crippen LogP contribution in [0.3, 0.4) is 0 Å². The number of pyridine rings is 1. The molecule has 0 saturated heterocycles. The quantitative estimate of drug-likeness (QED) is 0.631. The molecule has 0 saturated carbocycles. The molecule has 0 amide bonds. The van der Waals surface area contributed by atoms with Crippen LogP contribution in [0.25, 0.3) is 0 Å². The molecule has 2 N–H and O–H groups in total. The van der Waals surface area contributed by atoms with E-state index in [1.54, 1.807) is 6.92 Å². The number of aromatic carboxylic acids is 1. The zero-order valence-corrected chi connectivity index (χ0v) is 10.3. The van der Waals surface area contributed by atoms with Gasteiger partial charge in [0.15, 0.2) is 5.03 Å². The molecule has 2 rings (SSSR count). The first-order chi connectivity index (χ1) is 8.97. The zero-order chi connectivity index (χ0) is 14.0. The molecule has 0 fully saturated rings. The highest BCUT2D eigenvalue weighted by Crippen LogP contribution is 2.31. The fraction of sp³-hybridized carbons (Fsp3) is 0.111. The Kier molecular flexibility index (Phi) is 3.42. The van der Waals surface area contributed by atoms with Crippen molar-refractivity contribution in [2.24, 2.45) is 0 Å². The van der Waals surface area contributed by atoms with Gasteiger partial charge in [-0.25, -0.2) is 14.8 Å². The molecule has 10 heteroatoms. The van der Waals surface area contributed by atoms with Crippen LogP contribution in [0.15, 0.2) is 22.3 Å². The summed E-state index contributed by atoms with van der Waals surface area (Å²) in [5.74, 6) is -0.720. The Labute approximate surface area is 110 Å². The molecule has 0 aromatic carbocycles. The molecular weight excluding hydrogens is 274 g/mol. The van der Waals surface area contributed by atoms with Crippen LogP contribution < -0.4 is 0 Å². The van der Waals surface area contributed by atoms with E-state index in [0.717, 1.165) is 23.9 Å². The first-order valence-corrected chi connectivity index (χ1v) is 5.74. The molecule has 0 aliphatic heterocycles. The average molecular weight is 281 g/mol. The van der Waals surface area contributed by atoms with Gasteiger partial charge in [0.2, 0.25) is 5.16 Å². The second-order valence-electron chi connectivity index (χ2n) is 3.39. The summed E-state index contributed by atoms with van der Waals surface area (Å²) >= 11 is 0.825. The minimum atomic E-state index is -1.26. The highest BCUT2D eigenvalue weighted by molar-refractivity contribution is 7.99. The molecule has 0 radical (unpaired) electrons. The second-order valence-corrected chi connectivity index (χ2v) is 4.34. The summed E-state index contributed by atoms with van der Waals surface area (Å²) in [5, 5.41) is 26.2. The van der Waals surface area contributed by atoms with Gasteiger partial charge in [0.25, 0.3) is 0 Å². The van der Waals surface area contributed by atoms with Crippen LogP contribution >= 0.6 is 11.8 Å². The smallest absolute Gasteiger partial charge is 0.354 e. The monoisotopic (exact) mass is 281 g/mol. The number of aromatic nitrogens is 4. The standard InChI is InChI=1S/C9H7N5O4S/c1-4-10-9(13-12-4)19-7-6(14(17)18)3-2-5(11-7)8(15)16/h2-3H,1H3,(H,15,16)(H,10,12,13). The molecule has 0 aliphatic rings. The lowest BCUT2D eigenvalue weighted by atomic mass is 10.3. The predicted octanol–water partition coefficient (Wildman–Crippen LogP) is 1.27. The van der Waals surface area contributed by atoms with Crippen molar-refractivity contribution < 1.29 is 14.8 Å². The largest absolute Gasteiger partial charge is 0.477 e. The van der Waals surface area contributed by atoms with Crippen LogP contribution in [-0.4, -0.2) is 36.2 Å². The van der Waals surface area contributed by atoms with E-state index >= 15 is 0 Å². The maximum atomic E-state index is 10.9. The van der Waals surface area contributed by atoms with Crippen molar-refractivity contribution in [1.82, 2.24) is 20.2 Å². The number of nitro groups is 1. The number of carboxylic acid groups (broad SMARTS) is 1. The van der Waals surface area contributed by atoms with Crippen molar-refractivity contribution in [3.63, 3.8) is 0 Å². The van der Waals surface area contributed by atoms with Gasteiger partial charge in [-0.3, -0.25) is 15.2 Å². The number of nitrogens with one attached hydrogen (secondary N) is 1. The van der Waals surface area contributed by atoms with E-state index in [1.807, 2.05) is 0 Å². The Morgan fingerprint density at radius 3 is 2.74 bits per heavy atom. The molecule has 98 valence electrons. The van der Waals surface area contributed by atoms with Crippen molar-refractivity contribution in [1.29, 1.82) is 0 Å². The summed E-state index contributed by atoms with van der Waals surface area (Å²) < 4.78 is 0. The van der Waals surface area contributed by atoms with Crippen LogP contribution in [0.2, 0.25) is 0 Å². The number of aromatic amines is 1. The first-order valence-electron chi connectivity index (χ1n) is 4.93. The maximum absolute atomic E-state index is 10.9. The molecule has 0 bridgehead atoms. The molecule has 9 nitrogen and oxygen atoms in total. The number of hydrogen-bond acceptors (Lipinski definition) is 7. The van der Waals surface area contributed by atoms with Crippen molar-refractivity contribution in [3.8, 4) is 0 Å². The number of rotatable bonds is 4. The highest BCUT2D eigenvalue weighted by Gasteiger charge is 2.20. The minimum Gasteiger partial charge on any atom is -0.477 e. The van der Waals surface area contributed by atoms with E-state index in [1.165, 1.54) is 0 Å². The van der Waals surface area contributed by atoms with Gasteiger partial charge >= 0.3 is 11.7 Å². The van der Waals surface area contributed by atoms with Gasteiger partial charge in [-0.05, 0) is 24.8 Å². The number of aryl methyl sites for hydroxylation is 1. The predicted molar refractivity (Wildman–Crippen MR) is 63.1 cm³/mol. The average Bonchev–Trinajstić information content (AvgIpc) is 2.74. The van der Waals surface area contributed by atoms with Crippen molar-refractivity contribution in [3.05, 3.63) is 33.8 Å². The fourth-order valence-corrected chi connectivity index (χ4v) is 2.06. The molecule has 0 unspecified atom stereocenters. The highest BCUT2D eigenvalue weighted by atomic mass is 32.2. The molecule has 19 heavy (non-hydrogen) atoms. The second kappa shape index (κ2) is 5.02. The fourth-order valence-electron chi connectivity index (χ4n) is 1.22. The van der Waals surface area contributed by atoms with Gasteiger partial charge in [-0.15, -0.1) is 5.10 Å². The van der Waals surface area contributed by atoms with Crippen LogP contribution in [0.5, 0.6) is 0 Å². The van der Waals surface area contributed by atoms with Crippen LogP contribution in [0.1, 0.15) is 16.3 Å². The van der Waals surface area contributed by atoms with Gasteiger partial charge in [-0.1, -0.05) is 0 Å². The van der Waals surface area contributed by atoms with Crippen LogP contribution in [0.4, 0.5) is 5.69 Å². The molecule has 0 spiro atoms. The normalized spacial score (nSPS) is 10.4. The van der Waals surface area contributed by atoms with Gasteiger partial charge in [0.05, 0.1) is 4.92 Å². The third kappa shape index (κ3) is 2.85. The van der Waals surface area contributed by atoms with Gasteiger partial charge < -0.3 is 5.11 Å². The lowest BCUT2D eigenvalue weighted by Gasteiger charge is -2.00. The van der Waals surface area contributed by atoms with E-state index < -0.39 is 10.9 Å². The lowest BCUT2D eigenvalue weighted by Crippen LogP contribution is -2.03. The Bertz CT molecular complexity index is 656. The molecule has 2 heterocycles. The Morgan fingerprint density at radius 1 is 1.47 bits per heavy atom. The van der Waals surface area contributed by atoms with E-state index in [9.17, 15) is 14.9 Å². The summed E-state index contributed by atoms with van der Waals surface area (Å²) in [6.07, 6.45) is 0. The topological polar surface area (TPSA) is 135 Å². The van der Waals surface area contributed by atoms with E-state index in [4.69, 9.17) is 5.11 Å². The van der Waals surface area contributed by atoms with Gasteiger partial charge in [-0.2, -0.15) is 0 Å². The summed E-state index contributed by atoms with van der Waals surface area (Å²) in [7, 11) is 0. The summed E-state index contributed by atoms with van der Waals surface area (Å²) in [5.41, 5.74) is -0.571. The molecule has 2 aromatic rings. The molecule has 0 atom stereocenters. The third-order valence-corrected chi connectivity index (χ3v) is 2.88. The third-order valence-electron chi connectivity index (χ3n) is 2.02. The number of H-pyrrole nitrogens is 1. The van der Waals surface area contributed by atoms with Crippen LogP contribution in [0, 0.1) is 17.0 Å². The lowest BCUT2D eigenvalue weighted by molar-refractivity contribution is -0.388. The number of nitrogens with zero attached hydrogens (tertiary/aromatic N) is 4. The summed E-state index contributed by atoms with van der Waals surface area (Å²) in [4.78, 5) is 28.7. The van der Waals surface area contributed by atoms with Crippen molar-refractivity contribution in [2.45, 2.75) is 17.1 Å². The van der Waals surface area contributed by atoms with E-state index in [2.05, 4.69) is 20.2 Å². The van der Waals surface area contributed by atoms with Crippen LogP contribution in [-0.2, 0) is 0 Å². The Hall–Kier alpha value is -2.49. The Morgan fingerprint density at radius 2 is 2.21 bits per heavy atom. The number of carbonyl (C=O) groups is 1. The van der Waals surface area contributed by atoms with Crippen molar-refractivity contribution in [2.75, 3.05) is 0 Å². The summed E-state index contributed by atoms with van der Waals surface area (Å²) in [6.45, 7) is 1.67. The van der Waals surface area contributed by atoms with E-state index in [-0.39, 0.29) is 21.6 Å². The molecule has 0 aliphatic carbocycles. The zero-order valence-electron chi connectivity index (χ0n) is 9.52. The maximum Gasteiger partial charge on any atom is 0.354 e.